The molecule has 2 aromatic rings. The lowest BCUT2D eigenvalue weighted by Crippen LogP contribution is -2.51. The van der Waals surface area contributed by atoms with Gasteiger partial charge >= 0.3 is 6.18 Å². The van der Waals surface area contributed by atoms with E-state index in [-0.39, 0.29) is 18.7 Å². The second-order valence-electron chi connectivity index (χ2n) is 5.64. The molecular weight excluding hydrogens is 307 g/mol. The summed E-state index contributed by atoms with van der Waals surface area (Å²) in [4.78, 5) is 9.74. The molecule has 0 spiro atoms. The number of anilines is 1. The number of nitrogens with two attached hydrogens (primary N) is 1. The van der Waals surface area contributed by atoms with Crippen LogP contribution >= 0.6 is 0 Å². The molecule has 0 radical (unpaired) electrons. The third-order valence-corrected chi connectivity index (χ3v) is 4.02. The predicted octanol–water partition coefficient (Wildman–Crippen LogP) is 2.22. The van der Waals surface area contributed by atoms with Crippen molar-refractivity contribution < 1.29 is 13.2 Å². The van der Waals surface area contributed by atoms with Gasteiger partial charge in [-0.15, -0.1) is 0 Å². The van der Waals surface area contributed by atoms with Crippen molar-refractivity contribution in [2.45, 2.75) is 18.6 Å². The molecule has 120 valence electrons. The van der Waals surface area contributed by atoms with Crippen molar-refractivity contribution in [3.05, 3.63) is 30.2 Å². The van der Waals surface area contributed by atoms with E-state index < -0.39 is 18.1 Å². The molecule has 3 rings (SSSR count). The zero-order valence-electron chi connectivity index (χ0n) is 12.1. The molecule has 0 aromatic carbocycles. The number of rotatable bonds is 1. The van der Waals surface area contributed by atoms with Crippen molar-refractivity contribution >= 4 is 16.6 Å². The molecule has 5 nitrogen and oxygen atoms in total. The van der Waals surface area contributed by atoms with E-state index in [1.54, 1.807) is 17.0 Å². The van der Waals surface area contributed by atoms with Crippen LogP contribution in [0.25, 0.3) is 10.9 Å². The summed E-state index contributed by atoms with van der Waals surface area (Å²) in [5, 5.41) is 9.70. The van der Waals surface area contributed by atoms with E-state index >= 15 is 0 Å². The number of pyridine rings is 2. The van der Waals surface area contributed by atoms with Crippen LogP contribution in [0.5, 0.6) is 0 Å². The first-order chi connectivity index (χ1) is 10.9. The first-order valence-corrected chi connectivity index (χ1v) is 7.11. The highest BCUT2D eigenvalue weighted by atomic mass is 19.4. The Morgan fingerprint density at radius 2 is 2.09 bits per heavy atom. The van der Waals surface area contributed by atoms with Gasteiger partial charge in [-0.3, -0.25) is 4.98 Å². The summed E-state index contributed by atoms with van der Waals surface area (Å²) in [7, 11) is 0. The number of nitriles is 1. The minimum absolute atomic E-state index is 0.0834. The van der Waals surface area contributed by atoms with Gasteiger partial charge in [0, 0.05) is 30.7 Å². The lowest BCUT2D eigenvalue weighted by atomic mass is 9.93. The van der Waals surface area contributed by atoms with Crippen molar-refractivity contribution in [1.29, 1.82) is 5.26 Å². The van der Waals surface area contributed by atoms with Crippen LogP contribution in [-0.2, 0) is 0 Å². The number of aromatic nitrogens is 2. The van der Waals surface area contributed by atoms with Gasteiger partial charge in [-0.05, 0) is 18.6 Å². The standard InChI is InChI=1S/C15H14F3N5/c16-15(17,18)9-4-10(20)8-23(7-9)13-6-22-12(5-19)14-11(13)2-1-3-21-14/h1-3,6,9-10H,4,7-8,20H2/t9-,10+/m1/s1. The Morgan fingerprint density at radius 1 is 1.30 bits per heavy atom. The minimum Gasteiger partial charge on any atom is -0.368 e. The second-order valence-corrected chi connectivity index (χ2v) is 5.64. The second kappa shape index (κ2) is 5.66. The van der Waals surface area contributed by atoms with Crippen LogP contribution < -0.4 is 10.6 Å². The Hall–Kier alpha value is -2.40. The smallest absolute Gasteiger partial charge is 0.368 e. The summed E-state index contributed by atoms with van der Waals surface area (Å²) < 4.78 is 39.2. The molecule has 3 heterocycles. The summed E-state index contributed by atoms with van der Waals surface area (Å²) in [6.07, 6.45) is -1.42. The molecule has 0 aliphatic carbocycles. The monoisotopic (exact) mass is 321 g/mol. The maximum Gasteiger partial charge on any atom is 0.393 e. The van der Waals surface area contributed by atoms with Crippen molar-refractivity contribution in [3.8, 4) is 6.07 Å². The Bertz CT molecular complexity index is 768. The third-order valence-electron chi connectivity index (χ3n) is 4.02. The molecule has 0 bridgehead atoms. The first-order valence-electron chi connectivity index (χ1n) is 7.11. The van der Waals surface area contributed by atoms with Crippen LogP contribution in [-0.4, -0.2) is 35.3 Å². The lowest BCUT2D eigenvalue weighted by Gasteiger charge is -2.38. The summed E-state index contributed by atoms with van der Waals surface area (Å²) in [5.41, 5.74) is 6.88. The van der Waals surface area contributed by atoms with Gasteiger partial charge in [0.05, 0.1) is 17.8 Å². The van der Waals surface area contributed by atoms with Crippen LogP contribution in [0, 0.1) is 17.2 Å². The van der Waals surface area contributed by atoms with Crippen molar-refractivity contribution in [1.82, 2.24) is 9.97 Å². The number of halogens is 3. The summed E-state index contributed by atoms with van der Waals surface area (Å²) >= 11 is 0. The quantitative estimate of drug-likeness (QED) is 0.871. The van der Waals surface area contributed by atoms with Gasteiger partial charge in [-0.1, -0.05) is 0 Å². The Morgan fingerprint density at radius 3 is 2.78 bits per heavy atom. The van der Waals surface area contributed by atoms with Crippen LogP contribution in [0.2, 0.25) is 0 Å². The maximum atomic E-state index is 13.1. The summed E-state index contributed by atoms with van der Waals surface area (Å²) in [6.45, 7) is 0.138. The Balaban J connectivity index is 2.05. The first kappa shape index (κ1) is 15.5. The molecule has 1 saturated heterocycles. The number of fused-ring (bicyclic) bond motifs is 1. The molecule has 1 fully saturated rings. The lowest BCUT2D eigenvalue weighted by molar-refractivity contribution is -0.177. The van der Waals surface area contributed by atoms with E-state index in [1.807, 2.05) is 6.07 Å². The van der Waals surface area contributed by atoms with E-state index in [0.717, 1.165) is 0 Å². The van der Waals surface area contributed by atoms with Crippen LogP contribution in [0.15, 0.2) is 24.5 Å². The molecule has 8 heteroatoms. The Labute approximate surface area is 130 Å². The molecule has 0 unspecified atom stereocenters. The number of hydrogen-bond acceptors (Lipinski definition) is 5. The molecule has 1 aliphatic heterocycles. The van der Waals surface area contributed by atoms with Crippen molar-refractivity contribution in [2.75, 3.05) is 18.0 Å². The molecule has 23 heavy (non-hydrogen) atoms. The van der Waals surface area contributed by atoms with E-state index in [9.17, 15) is 13.2 Å². The van der Waals surface area contributed by atoms with Gasteiger partial charge in [-0.2, -0.15) is 18.4 Å². The maximum absolute atomic E-state index is 13.1. The van der Waals surface area contributed by atoms with Gasteiger partial charge in [0.25, 0.3) is 0 Å². The highest BCUT2D eigenvalue weighted by molar-refractivity contribution is 5.93. The number of nitrogens with zero attached hydrogens (tertiary/aromatic N) is 4. The zero-order chi connectivity index (χ0) is 16.6. The van der Waals surface area contributed by atoms with E-state index in [0.29, 0.717) is 23.1 Å². The third kappa shape index (κ3) is 2.92. The van der Waals surface area contributed by atoms with Gasteiger partial charge in [0.15, 0.2) is 5.69 Å². The fourth-order valence-electron chi connectivity index (χ4n) is 2.96. The average Bonchev–Trinajstić information content (AvgIpc) is 2.52. The molecule has 2 atom stereocenters. The molecule has 2 aromatic heterocycles. The normalized spacial score (nSPS) is 22.1. The molecular formula is C15H14F3N5. The van der Waals surface area contributed by atoms with Gasteiger partial charge in [-0.25, -0.2) is 4.98 Å². The average molecular weight is 321 g/mol. The van der Waals surface area contributed by atoms with Crippen LogP contribution in [0.4, 0.5) is 18.9 Å². The summed E-state index contributed by atoms with van der Waals surface area (Å²) in [6, 6.07) is 4.78. The van der Waals surface area contributed by atoms with E-state index in [4.69, 9.17) is 11.0 Å². The summed E-state index contributed by atoms with van der Waals surface area (Å²) in [5.74, 6) is -1.48. The van der Waals surface area contributed by atoms with Crippen LogP contribution in [0.3, 0.4) is 0 Å². The fraction of sp³-hybridized carbons (Fsp3) is 0.400. The predicted molar refractivity (Wildman–Crippen MR) is 78.6 cm³/mol. The molecule has 0 amide bonds. The number of alkyl halides is 3. The van der Waals surface area contributed by atoms with Gasteiger partial charge in [0.2, 0.25) is 0 Å². The largest absolute Gasteiger partial charge is 0.393 e. The molecule has 2 N–H and O–H groups in total. The number of piperidine rings is 1. The molecule has 0 saturated carbocycles. The topological polar surface area (TPSA) is 78.8 Å². The fourth-order valence-corrected chi connectivity index (χ4v) is 2.96. The number of hydrogen-bond donors (Lipinski definition) is 1. The minimum atomic E-state index is -4.29. The highest BCUT2D eigenvalue weighted by Crippen LogP contribution is 2.36. The van der Waals surface area contributed by atoms with Gasteiger partial charge < -0.3 is 10.6 Å². The van der Waals surface area contributed by atoms with E-state index in [1.165, 1.54) is 12.4 Å². The van der Waals surface area contributed by atoms with Crippen LogP contribution in [0.1, 0.15) is 12.1 Å². The highest BCUT2D eigenvalue weighted by Gasteiger charge is 2.44. The SMILES string of the molecule is N#Cc1ncc(N2C[C@@H](N)C[C@@H](C(F)(F)F)C2)c2cccnc12. The molecule has 1 aliphatic rings. The van der Waals surface area contributed by atoms with Crippen molar-refractivity contribution in [2.24, 2.45) is 11.7 Å². The van der Waals surface area contributed by atoms with Crippen molar-refractivity contribution in [3.63, 3.8) is 0 Å². The Kier molecular flexibility index (Phi) is 3.82. The van der Waals surface area contributed by atoms with Gasteiger partial charge in [0.1, 0.15) is 11.6 Å². The zero-order valence-corrected chi connectivity index (χ0v) is 12.1. The van der Waals surface area contributed by atoms with E-state index in [2.05, 4.69) is 9.97 Å².